The predicted octanol–water partition coefficient (Wildman–Crippen LogP) is 14.8. The minimum Gasteiger partial charge on any atom is -0.256 e. The summed E-state index contributed by atoms with van der Waals surface area (Å²) in [6.07, 6.45) is 2.00. The summed E-state index contributed by atoms with van der Waals surface area (Å²) in [5.74, 6) is 0.745. The van der Waals surface area contributed by atoms with Gasteiger partial charge in [0.05, 0.1) is 22.5 Å². The van der Waals surface area contributed by atoms with Crippen LogP contribution < -0.4 is 0 Å². The van der Waals surface area contributed by atoms with Crippen molar-refractivity contribution in [2.75, 3.05) is 0 Å². The number of nitrogens with zero attached hydrogens (tertiary/aromatic N) is 3. The first-order chi connectivity index (χ1) is 31.0. The van der Waals surface area contributed by atoms with Crippen molar-refractivity contribution >= 4 is 0 Å². The minimum absolute atomic E-state index is 0.522. The van der Waals surface area contributed by atoms with Gasteiger partial charge in [0.2, 0.25) is 0 Å². The van der Waals surface area contributed by atoms with Gasteiger partial charge in [0, 0.05) is 22.9 Å². The van der Waals surface area contributed by atoms with Gasteiger partial charge in [-0.1, -0.05) is 176 Å². The Morgan fingerprint density at radius 2 is 0.762 bits per heavy atom. The zero-order valence-corrected chi connectivity index (χ0v) is 35.0. The van der Waals surface area contributed by atoms with E-state index in [0.29, 0.717) is 0 Å². The number of benzene rings is 8. The fraction of sp³-hybridized carbons (Fsp3) is 0.0500. The second-order valence-electron chi connectivity index (χ2n) is 16.8. The smallest absolute Gasteiger partial charge is 0.126 e. The van der Waals surface area contributed by atoms with Crippen molar-refractivity contribution in [1.82, 2.24) is 15.0 Å². The Morgan fingerprint density at radius 1 is 0.302 bits per heavy atom. The van der Waals surface area contributed by atoms with Crippen LogP contribution in [0.4, 0.5) is 0 Å². The molecule has 0 saturated heterocycles. The number of aromatic nitrogens is 3. The van der Waals surface area contributed by atoms with E-state index in [9.17, 15) is 0 Å². The van der Waals surface area contributed by atoms with Gasteiger partial charge in [0.25, 0.3) is 0 Å². The summed E-state index contributed by atoms with van der Waals surface area (Å²) in [5, 5.41) is 0. The number of rotatable bonds is 6. The van der Waals surface area contributed by atoms with Gasteiger partial charge >= 0.3 is 0 Å². The zero-order chi connectivity index (χ0) is 42.1. The molecule has 12 rings (SSSR count). The molecule has 2 aliphatic carbocycles. The first-order valence-electron chi connectivity index (χ1n) is 21.7. The number of fused-ring (bicyclic) bond motifs is 10. The average Bonchev–Trinajstić information content (AvgIpc) is 3.81. The van der Waals surface area contributed by atoms with Gasteiger partial charge in [-0.25, -0.2) is 9.97 Å². The maximum atomic E-state index is 5.07. The van der Waals surface area contributed by atoms with E-state index in [4.69, 9.17) is 15.0 Å². The Hall–Kier alpha value is -8.01. The van der Waals surface area contributed by atoms with Crippen LogP contribution in [0.5, 0.6) is 0 Å². The molecule has 10 aromatic rings. The van der Waals surface area contributed by atoms with Crippen molar-refractivity contribution in [3.8, 4) is 89.4 Å². The molecule has 8 aromatic carbocycles. The maximum absolute atomic E-state index is 5.07. The Kier molecular flexibility index (Phi) is 8.52. The van der Waals surface area contributed by atoms with E-state index in [2.05, 4.69) is 207 Å². The van der Waals surface area contributed by atoms with E-state index in [1.165, 1.54) is 77.9 Å². The highest BCUT2D eigenvalue weighted by Gasteiger charge is 2.51. The van der Waals surface area contributed by atoms with Gasteiger partial charge in [-0.05, 0) is 128 Å². The van der Waals surface area contributed by atoms with Crippen molar-refractivity contribution < 1.29 is 0 Å². The monoisotopic (exact) mass is 803 g/mol. The van der Waals surface area contributed by atoms with Crippen molar-refractivity contribution in [2.45, 2.75) is 19.3 Å². The van der Waals surface area contributed by atoms with Gasteiger partial charge in [-0.2, -0.15) is 0 Å². The van der Waals surface area contributed by atoms with Crippen LogP contribution >= 0.6 is 0 Å². The van der Waals surface area contributed by atoms with Crippen molar-refractivity contribution in [3.05, 3.63) is 246 Å². The van der Waals surface area contributed by atoms with E-state index < -0.39 is 5.41 Å². The van der Waals surface area contributed by atoms with E-state index in [1.807, 2.05) is 19.2 Å². The summed E-state index contributed by atoms with van der Waals surface area (Å²) in [6.45, 7) is 4.14. The standard InChI is InChI=1S/C60H41N3/c1-38-37-61-57(42-16-7-4-8-17-42)35-52(38)46-19-13-18-44(32-46)45-28-30-50-48-20-9-11-22-53(48)60(55(50)33-45)54-23-12-10-21-49(54)51-31-29-47(34-56(51)60)59-36-58(62-39(2)63-59)43-26-24-41(25-27-43)40-14-5-3-6-15-40/h3-37H,1-2H3. The molecule has 3 nitrogen and oxygen atoms in total. The molecule has 0 radical (unpaired) electrons. The average molecular weight is 804 g/mol. The third-order valence-electron chi connectivity index (χ3n) is 13.2. The number of aryl methyl sites for hydroxylation is 2. The Bertz CT molecular complexity index is 3390. The van der Waals surface area contributed by atoms with Gasteiger partial charge in [-0.15, -0.1) is 0 Å². The molecule has 0 bridgehead atoms. The molecule has 0 N–H and O–H groups in total. The molecule has 63 heavy (non-hydrogen) atoms. The second kappa shape index (κ2) is 14.6. The van der Waals surface area contributed by atoms with E-state index in [-0.39, 0.29) is 0 Å². The molecule has 0 amide bonds. The quantitative estimate of drug-likeness (QED) is 0.168. The molecule has 1 atom stereocenters. The van der Waals surface area contributed by atoms with Gasteiger partial charge < -0.3 is 0 Å². The van der Waals surface area contributed by atoms with Crippen molar-refractivity contribution in [3.63, 3.8) is 0 Å². The molecule has 0 fully saturated rings. The molecule has 0 aliphatic heterocycles. The summed E-state index contributed by atoms with van der Waals surface area (Å²) < 4.78 is 0. The Morgan fingerprint density at radius 3 is 1.44 bits per heavy atom. The first-order valence-corrected chi connectivity index (χ1v) is 21.7. The lowest BCUT2D eigenvalue weighted by atomic mass is 9.70. The number of hydrogen-bond donors (Lipinski definition) is 0. The van der Waals surface area contributed by atoms with E-state index >= 15 is 0 Å². The third kappa shape index (κ3) is 5.92. The largest absolute Gasteiger partial charge is 0.256 e. The lowest BCUT2D eigenvalue weighted by molar-refractivity contribution is 0.794. The Balaban J connectivity index is 0.997. The lowest BCUT2D eigenvalue weighted by Crippen LogP contribution is -2.26. The molecule has 0 saturated carbocycles. The van der Waals surface area contributed by atoms with E-state index in [1.54, 1.807) is 0 Å². The summed E-state index contributed by atoms with van der Waals surface area (Å²) in [7, 11) is 0. The third-order valence-corrected chi connectivity index (χ3v) is 13.2. The van der Waals surface area contributed by atoms with Crippen molar-refractivity contribution in [2.24, 2.45) is 0 Å². The summed E-state index contributed by atoms with van der Waals surface area (Å²) in [5.41, 5.74) is 24.1. The molecular weight excluding hydrogens is 763 g/mol. The first kappa shape index (κ1) is 36.8. The van der Waals surface area contributed by atoms with Crippen LogP contribution in [0, 0.1) is 13.8 Å². The second-order valence-corrected chi connectivity index (χ2v) is 16.8. The molecule has 2 aliphatic rings. The fourth-order valence-electron chi connectivity index (χ4n) is 10.3. The molecule has 296 valence electrons. The van der Waals surface area contributed by atoms with Crippen LogP contribution in [0.25, 0.3) is 89.4 Å². The fourth-order valence-corrected chi connectivity index (χ4v) is 10.3. The topological polar surface area (TPSA) is 38.7 Å². The highest BCUT2D eigenvalue weighted by Crippen LogP contribution is 2.63. The van der Waals surface area contributed by atoms with Gasteiger partial charge in [-0.3, -0.25) is 4.98 Å². The van der Waals surface area contributed by atoms with Crippen LogP contribution in [0.2, 0.25) is 0 Å². The molecule has 3 heteroatoms. The predicted molar refractivity (Wildman–Crippen MR) is 258 cm³/mol. The summed E-state index contributed by atoms with van der Waals surface area (Å²) in [4.78, 5) is 14.8. The minimum atomic E-state index is -0.522. The van der Waals surface area contributed by atoms with Crippen LogP contribution in [0.1, 0.15) is 33.6 Å². The van der Waals surface area contributed by atoms with Crippen LogP contribution in [-0.2, 0) is 5.41 Å². The maximum Gasteiger partial charge on any atom is 0.126 e. The van der Waals surface area contributed by atoms with Crippen LogP contribution in [0.3, 0.4) is 0 Å². The normalized spacial score (nSPS) is 14.3. The number of pyridine rings is 1. The molecule has 1 spiro atoms. The van der Waals surface area contributed by atoms with Gasteiger partial charge in [0.15, 0.2) is 0 Å². The summed E-state index contributed by atoms with van der Waals surface area (Å²) in [6, 6.07) is 75.1. The van der Waals surface area contributed by atoms with Gasteiger partial charge in [0.1, 0.15) is 5.82 Å². The Labute approximate surface area is 368 Å². The molecular formula is C60H41N3. The zero-order valence-electron chi connectivity index (χ0n) is 35.0. The van der Waals surface area contributed by atoms with Crippen LogP contribution in [-0.4, -0.2) is 15.0 Å². The SMILES string of the molecule is Cc1nc(-c2ccc(-c3ccccc3)cc2)cc(-c2ccc3c(c2)C2(c4ccccc4-c4ccc(-c5cccc(-c6cc(-c7ccccc7)ncc6C)c5)cc42)c2ccccc2-3)n1. The van der Waals surface area contributed by atoms with E-state index in [0.717, 1.165) is 45.2 Å². The highest BCUT2D eigenvalue weighted by atomic mass is 14.9. The number of hydrogen-bond acceptors (Lipinski definition) is 3. The molecule has 1 unspecified atom stereocenters. The summed E-state index contributed by atoms with van der Waals surface area (Å²) >= 11 is 0. The molecule has 2 heterocycles. The lowest BCUT2D eigenvalue weighted by Gasteiger charge is -2.31. The highest BCUT2D eigenvalue weighted by molar-refractivity contribution is 5.97. The van der Waals surface area contributed by atoms with Crippen LogP contribution in [0.15, 0.2) is 212 Å². The molecule has 2 aromatic heterocycles. The van der Waals surface area contributed by atoms with Crippen molar-refractivity contribution in [1.29, 1.82) is 0 Å².